The van der Waals surface area contributed by atoms with Crippen LogP contribution < -0.4 is 9.62 Å². The summed E-state index contributed by atoms with van der Waals surface area (Å²) in [6.07, 6.45) is 4.88. The van der Waals surface area contributed by atoms with Crippen LogP contribution in [0.1, 0.15) is 50.2 Å². The lowest BCUT2D eigenvalue weighted by atomic mass is 9.95. The van der Waals surface area contributed by atoms with Crippen LogP contribution >= 0.6 is 23.2 Å². The molecule has 0 aliphatic heterocycles. The van der Waals surface area contributed by atoms with Crippen molar-refractivity contribution in [1.29, 1.82) is 0 Å². The molecular weight excluding hydrogens is 600 g/mol. The maximum absolute atomic E-state index is 14.1. The van der Waals surface area contributed by atoms with Crippen molar-refractivity contribution in [2.75, 3.05) is 10.8 Å². The number of hydrogen-bond acceptors (Lipinski definition) is 4. The van der Waals surface area contributed by atoms with E-state index >= 15 is 0 Å². The van der Waals surface area contributed by atoms with Crippen molar-refractivity contribution >= 4 is 50.7 Å². The van der Waals surface area contributed by atoms with Gasteiger partial charge in [-0.1, -0.05) is 66.2 Å². The first kappa shape index (κ1) is 31.8. The van der Waals surface area contributed by atoms with Crippen molar-refractivity contribution < 1.29 is 22.4 Å². The summed E-state index contributed by atoms with van der Waals surface area (Å²) in [6.45, 7) is 2.72. The van der Waals surface area contributed by atoms with Crippen LogP contribution in [0.5, 0.6) is 0 Å². The molecule has 0 unspecified atom stereocenters. The van der Waals surface area contributed by atoms with Gasteiger partial charge in [0, 0.05) is 28.2 Å². The van der Waals surface area contributed by atoms with Crippen LogP contribution in [-0.4, -0.2) is 43.8 Å². The van der Waals surface area contributed by atoms with E-state index in [2.05, 4.69) is 5.32 Å². The molecule has 1 saturated carbocycles. The Hall–Kier alpha value is -3.14. The molecule has 2 amide bonds. The molecule has 1 atom stereocenters. The molecule has 1 fully saturated rings. The topological polar surface area (TPSA) is 86.8 Å². The molecule has 0 saturated heterocycles. The van der Waals surface area contributed by atoms with Gasteiger partial charge in [-0.3, -0.25) is 13.9 Å². The first-order valence-electron chi connectivity index (χ1n) is 13.8. The average molecular weight is 635 g/mol. The number of halogens is 3. The molecule has 0 heterocycles. The van der Waals surface area contributed by atoms with Crippen molar-refractivity contribution in [3.63, 3.8) is 0 Å². The molecule has 0 bridgehead atoms. The predicted octanol–water partition coefficient (Wildman–Crippen LogP) is 6.50. The lowest BCUT2D eigenvalue weighted by molar-refractivity contribution is -0.139. The predicted molar refractivity (Wildman–Crippen MR) is 164 cm³/mol. The Morgan fingerprint density at radius 3 is 2.14 bits per heavy atom. The largest absolute Gasteiger partial charge is 0.352 e. The third kappa shape index (κ3) is 7.62. The monoisotopic (exact) mass is 633 g/mol. The third-order valence-electron chi connectivity index (χ3n) is 7.51. The van der Waals surface area contributed by atoms with E-state index < -0.39 is 34.3 Å². The van der Waals surface area contributed by atoms with Crippen LogP contribution in [0.2, 0.25) is 10.0 Å². The number of amides is 2. The number of aryl methyl sites for hydroxylation is 1. The van der Waals surface area contributed by atoms with Gasteiger partial charge in [-0.25, -0.2) is 12.8 Å². The molecule has 3 aromatic rings. The Kier molecular flexibility index (Phi) is 10.5. The van der Waals surface area contributed by atoms with Gasteiger partial charge in [0.1, 0.15) is 18.4 Å². The quantitative estimate of drug-likeness (QED) is 0.276. The van der Waals surface area contributed by atoms with Gasteiger partial charge in [-0.2, -0.15) is 0 Å². The van der Waals surface area contributed by atoms with E-state index in [9.17, 15) is 22.4 Å². The van der Waals surface area contributed by atoms with Gasteiger partial charge in [0.15, 0.2) is 0 Å². The fraction of sp³-hybridized carbons (Fsp3) is 0.355. The van der Waals surface area contributed by atoms with E-state index in [1.807, 2.05) is 6.92 Å². The van der Waals surface area contributed by atoms with Gasteiger partial charge in [-0.05, 0) is 75.2 Å². The van der Waals surface area contributed by atoms with Crippen molar-refractivity contribution in [3.8, 4) is 0 Å². The second-order valence-corrected chi connectivity index (χ2v) is 13.2. The summed E-state index contributed by atoms with van der Waals surface area (Å²) < 4.78 is 42.3. The second kappa shape index (κ2) is 13.9. The summed E-state index contributed by atoms with van der Waals surface area (Å²) in [5.41, 5.74) is 1.58. The van der Waals surface area contributed by atoms with Crippen LogP contribution in [0.15, 0.2) is 71.6 Å². The fourth-order valence-electron chi connectivity index (χ4n) is 4.98. The number of rotatable bonds is 10. The lowest BCUT2D eigenvalue weighted by Gasteiger charge is -2.33. The zero-order valence-electron chi connectivity index (χ0n) is 23.5. The Morgan fingerprint density at radius 1 is 0.952 bits per heavy atom. The standard InChI is InChI=1S/C31H34Cl2FN3O4S/c1-21-11-15-25(16-12-21)37(42(40,41)26-17-13-23(34)14-18-26)20-30(38)36(19-27-28(32)9-6-10-29(27)33)22(2)31(39)35-24-7-4-3-5-8-24/h6,9-18,22,24H,3-5,7-8,19-20H2,1-2H3,(H,35,39)/t22-/m0/s1. The van der Waals surface area contributed by atoms with Crippen LogP contribution in [0.3, 0.4) is 0 Å². The van der Waals surface area contributed by atoms with Crippen molar-refractivity contribution in [1.82, 2.24) is 10.2 Å². The molecular formula is C31H34Cl2FN3O4S. The Labute approximate surface area is 256 Å². The minimum Gasteiger partial charge on any atom is -0.352 e. The van der Waals surface area contributed by atoms with Crippen LogP contribution in [0, 0.1) is 12.7 Å². The summed E-state index contributed by atoms with van der Waals surface area (Å²) in [4.78, 5) is 28.6. The van der Waals surface area contributed by atoms with Gasteiger partial charge in [-0.15, -0.1) is 0 Å². The minimum atomic E-state index is -4.30. The Balaban J connectivity index is 1.70. The smallest absolute Gasteiger partial charge is 0.264 e. The van der Waals surface area contributed by atoms with Gasteiger partial charge in [0.2, 0.25) is 11.8 Å². The molecule has 224 valence electrons. The zero-order chi connectivity index (χ0) is 30.4. The van der Waals surface area contributed by atoms with Crippen LogP contribution in [0.25, 0.3) is 0 Å². The van der Waals surface area contributed by atoms with E-state index in [4.69, 9.17) is 23.2 Å². The van der Waals surface area contributed by atoms with E-state index in [0.29, 0.717) is 15.6 Å². The maximum atomic E-state index is 14.1. The number of sulfonamides is 1. The average Bonchev–Trinajstić information content (AvgIpc) is 2.96. The summed E-state index contributed by atoms with van der Waals surface area (Å²) in [7, 11) is -4.30. The maximum Gasteiger partial charge on any atom is 0.264 e. The van der Waals surface area contributed by atoms with E-state index in [0.717, 1.165) is 66.2 Å². The first-order valence-corrected chi connectivity index (χ1v) is 16.0. The van der Waals surface area contributed by atoms with E-state index in [-0.39, 0.29) is 29.1 Å². The highest BCUT2D eigenvalue weighted by molar-refractivity contribution is 7.92. The molecule has 1 aliphatic rings. The van der Waals surface area contributed by atoms with Crippen LogP contribution in [-0.2, 0) is 26.2 Å². The number of carbonyl (C=O) groups excluding carboxylic acids is 2. The van der Waals surface area contributed by atoms with E-state index in [1.165, 1.54) is 4.90 Å². The molecule has 0 spiro atoms. The first-order chi connectivity index (χ1) is 20.0. The molecule has 42 heavy (non-hydrogen) atoms. The van der Waals surface area contributed by atoms with Crippen LogP contribution in [0.4, 0.5) is 10.1 Å². The highest BCUT2D eigenvalue weighted by atomic mass is 35.5. The number of carbonyl (C=O) groups is 2. The highest BCUT2D eigenvalue weighted by Gasteiger charge is 2.34. The minimum absolute atomic E-state index is 0.0115. The summed E-state index contributed by atoms with van der Waals surface area (Å²) in [6, 6.07) is 15.0. The SMILES string of the molecule is Cc1ccc(N(CC(=O)N(Cc2c(Cl)cccc2Cl)[C@@H](C)C(=O)NC2CCCCC2)S(=O)(=O)c2ccc(F)cc2)cc1. The second-order valence-electron chi connectivity index (χ2n) is 10.5. The van der Waals surface area contributed by atoms with Gasteiger partial charge in [0.05, 0.1) is 10.6 Å². The zero-order valence-corrected chi connectivity index (χ0v) is 25.9. The number of hydrogen-bond donors (Lipinski definition) is 1. The van der Waals surface area contributed by atoms with Gasteiger partial charge < -0.3 is 10.2 Å². The molecule has 0 aromatic heterocycles. The molecule has 0 radical (unpaired) electrons. The molecule has 1 N–H and O–H groups in total. The number of anilines is 1. The molecule has 11 heteroatoms. The lowest BCUT2D eigenvalue weighted by Crippen LogP contribution is -2.53. The van der Waals surface area contributed by atoms with Crippen molar-refractivity contribution in [2.45, 2.75) is 69.5 Å². The number of nitrogens with zero attached hydrogens (tertiary/aromatic N) is 2. The molecule has 7 nitrogen and oxygen atoms in total. The summed E-state index contributed by atoms with van der Waals surface area (Å²) in [5.74, 6) is -1.57. The molecule has 1 aliphatic carbocycles. The van der Waals surface area contributed by atoms with Gasteiger partial charge in [0.25, 0.3) is 10.0 Å². The Morgan fingerprint density at radius 2 is 1.55 bits per heavy atom. The third-order valence-corrected chi connectivity index (χ3v) is 10.0. The Bertz CT molecular complexity index is 1490. The van der Waals surface area contributed by atoms with Crippen molar-refractivity contribution in [3.05, 3.63) is 93.7 Å². The number of benzene rings is 3. The summed E-state index contributed by atoms with van der Waals surface area (Å²) in [5, 5.41) is 3.68. The van der Waals surface area contributed by atoms with Gasteiger partial charge >= 0.3 is 0 Å². The summed E-state index contributed by atoms with van der Waals surface area (Å²) >= 11 is 12.9. The fourth-order valence-corrected chi connectivity index (χ4v) is 6.91. The number of nitrogens with one attached hydrogen (secondary N) is 1. The molecule has 3 aromatic carbocycles. The molecule has 4 rings (SSSR count). The highest BCUT2D eigenvalue weighted by Crippen LogP contribution is 2.29. The normalized spacial score (nSPS) is 14.7. The van der Waals surface area contributed by atoms with E-state index in [1.54, 1.807) is 49.4 Å². The van der Waals surface area contributed by atoms with Crippen molar-refractivity contribution in [2.24, 2.45) is 0 Å².